The number of aryl methyl sites for hydroxylation is 1. The van der Waals surface area contributed by atoms with E-state index in [2.05, 4.69) is 25.4 Å². The summed E-state index contributed by atoms with van der Waals surface area (Å²) in [6.07, 6.45) is 3.45. The number of carbonyl (C=O) groups is 1. The summed E-state index contributed by atoms with van der Waals surface area (Å²) in [5.74, 6) is 2.18. The van der Waals surface area contributed by atoms with E-state index in [4.69, 9.17) is 4.74 Å². The maximum absolute atomic E-state index is 12.5. The topological polar surface area (TPSA) is 83.5 Å². The molecule has 0 atom stereocenters. The van der Waals surface area contributed by atoms with Crippen molar-refractivity contribution < 1.29 is 9.53 Å². The van der Waals surface area contributed by atoms with Gasteiger partial charge < -0.3 is 19.9 Å². The molecular formula is C22H24N6O2. The Kier molecular flexibility index (Phi) is 6.03. The van der Waals surface area contributed by atoms with Crippen molar-refractivity contribution in [2.75, 3.05) is 43.0 Å². The van der Waals surface area contributed by atoms with Gasteiger partial charge in [0.05, 0.1) is 11.9 Å². The summed E-state index contributed by atoms with van der Waals surface area (Å²) in [5.41, 5.74) is 1.97. The average molecular weight is 404 g/mol. The van der Waals surface area contributed by atoms with Crippen molar-refractivity contribution in [1.29, 1.82) is 0 Å². The molecule has 154 valence electrons. The molecule has 0 bridgehead atoms. The molecule has 1 N–H and O–H groups in total. The highest BCUT2D eigenvalue weighted by Gasteiger charge is 2.22. The zero-order valence-electron chi connectivity index (χ0n) is 16.9. The normalized spacial score (nSPS) is 13.8. The third kappa shape index (κ3) is 5.02. The Morgan fingerprint density at radius 2 is 1.93 bits per heavy atom. The molecule has 2 aromatic heterocycles. The van der Waals surface area contributed by atoms with Crippen LogP contribution in [0.5, 0.6) is 5.75 Å². The maximum atomic E-state index is 12.5. The van der Waals surface area contributed by atoms with Crippen LogP contribution in [0, 0.1) is 6.92 Å². The molecule has 0 saturated carbocycles. The first-order valence-corrected chi connectivity index (χ1v) is 9.90. The molecule has 1 aliphatic rings. The van der Waals surface area contributed by atoms with Gasteiger partial charge in [0.15, 0.2) is 18.2 Å². The molecule has 3 aromatic rings. The van der Waals surface area contributed by atoms with E-state index in [-0.39, 0.29) is 12.5 Å². The van der Waals surface area contributed by atoms with Crippen molar-refractivity contribution in [3.8, 4) is 5.75 Å². The molecule has 3 heterocycles. The number of hydrogen-bond acceptors (Lipinski definition) is 7. The maximum Gasteiger partial charge on any atom is 0.260 e. The quantitative estimate of drug-likeness (QED) is 0.676. The molecule has 30 heavy (non-hydrogen) atoms. The number of aromatic nitrogens is 3. The number of hydrogen-bond donors (Lipinski definition) is 1. The Balaban J connectivity index is 1.26. The fourth-order valence-electron chi connectivity index (χ4n) is 3.27. The summed E-state index contributed by atoms with van der Waals surface area (Å²) in [5, 5.41) is 11.7. The van der Waals surface area contributed by atoms with Gasteiger partial charge in [-0.25, -0.2) is 0 Å². The number of ether oxygens (including phenoxy) is 1. The number of amides is 1. The van der Waals surface area contributed by atoms with E-state index in [0.717, 1.165) is 22.8 Å². The molecule has 1 saturated heterocycles. The second-order valence-electron chi connectivity index (χ2n) is 7.12. The molecule has 1 aromatic carbocycles. The Labute approximate surface area is 175 Å². The van der Waals surface area contributed by atoms with Crippen LogP contribution in [0.25, 0.3) is 0 Å². The molecule has 0 radical (unpaired) electrons. The van der Waals surface area contributed by atoms with Crippen LogP contribution in [0.4, 0.5) is 17.3 Å². The van der Waals surface area contributed by atoms with E-state index in [1.165, 1.54) is 0 Å². The second kappa shape index (κ2) is 9.21. The van der Waals surface area contributed by atoms with Gasteiger partial charge in [-0.15, -0.1) is 10.2 Å². The van der Waals surface area contributed by atoms with Crippen LogP contribution in [0.2, 0.25) is 0 Å². The average Bonchev–Trinajstić information content (AvgIpc) is 2.79. The molecule has 4 rings (SSSR count). The number of benzene rings is 1. The van der Waals surface area contributed by atoms with Gasteiger partial charge in [0.25, 0.3) is 5.91 Å². The lowest BCUT2D eigenvalue weighted by atomic mass is 10.2. The Morgan fingerprint density at radius 1 is 1.07 bits per heavy atom. The molecule has 0 aliphatic carbocycles. The first-order chi connectivity index (χ1) is 14.7. The van der Waals surface area contributed by atoms with Gasteiger partial charge in [-0.05, 0) is 48.9 Å². The first-order valence-electron chi connectivity index (χ1n) is 9.90. The third-order valence-corrected chi connectivity index (χ3v) is 4.89. The standard InChI is InChI=1S/C22H24N6O2/c1-17-4-2-6-19(14-17)30-16-22(29)28-12-10-27(11-13-28)21-8-7-20(25-26-21)24-18-5-3-9-23-15-18/h2-9,14-15H,10-13,16H2,1H3,(H,24,25). The van der Waals surface area contributed by atoms with Crippen molar-refractivity contribution in [3.05, 3.63) is 66.5 Å². The minimum Gasteiger partial charge on any atom is -0.484 e. The van der Waals surface area contributed by atoms with Crippen LogP contribution in [-0.2, 0) is 4.79 Å². The fourth-order valence-corrected chi connectivity index (χ4v) is 3.27. The molecule has 0 unspecified atom stereocenters. The summed E-state index contributed by atoms with van der Waals surface area (Å²) in [7, 11) is 0. The van der Waals surface area contributed by atoms with E-state index >= 15 is 0 Å². The fraction of sp³-hybridized carbons (Fsp3) is 0.273. The summed E-state index contributed by atoms with van der Waals surface area (Å²) in [4.78, 5) is 20.5. The summed E-state index contributed by atoms with van der Waals surface area (Å²) in [6, 6.07) is 15.3. The Morgan fingerprint density at radius 3 is 2.63 bits per heavy atom. The minimum absolute atomic E-state index is 0.00161. The van der Waals surface area contributed by atoms with Gasteiger partial charge in [-0.3, -0.25) is 9.78 Å². The number of nitrogens with zero attached hydrogens (tertiary/aromatic N) is 5. The molecule has 8 nitrogen and oxygen atoms in total. The second-order valence-corrected chi connectivity index (χ2v) is 7.12. The molecule has 1 amide bonds. The largest absolute Gasteiger partial charge is 0.484 e. The lowest BCUT2D eigenvalue weighted by molar-refractivity contribution is -0.133. The molecule has 1 aliphatic heterocycles. The van der Waals surface area contributed by atoms with Gasteiger partial charge in [0, 0.05) is 32.4 Å². The zero-order valence-corrected chi connectivity index (χ0v) is 16.9. The SMILES string of the molecule is Cc1cccc(OCC(=O)N2CCN(c3ccc(Nc4cccnc4)nn3)CC2)c1. The number of piperazine rings is 1. The highest BCUT2D eigenvalue weighted by Crippen LogP contribution is 2.17. The van der Waals surface area contributed by atoms with E-state index in [1.54, 1.807) is 12.4 Å². The van der Waals surface area contributed by atoms with E-state index in [9.17, 15) is 4.79 Å². The number of pyridine rings is 1. The van der Waals surface area contributed by atoms with Gasteiger partial charge in [-0.1, -0.05) is 12.1 Å². The smallest absolute Gasteiger partial charge is 0.260 e. The van der Waals surface area contributed by atoms with Crippen molar-refractivity contribution in [2.45, 2.75) is 6.92 Å². The lowest BCUT2D eigenvalue weighted by Crippen LogP contribution is -2.50. The van der Waals surface area contributed by atoms with Crippen molar-refractivity contribution in [1.82, 2.24) is 20.1 Å². The van der Waals surface area contributed by atoms with Gasteiger partial charge in [0.1, 0.15) is 5.75 Å². The summed E-state index contributed by atoms with van der Waals surface area (Å²) >= 11 is 0. The molecule has 0 spiro atoms. The molecule has 8 heteroatoms. The summed E-state index contributed by atoms with van der Waals surface area (Å²) < 4.78 is 5.64. The first kappa shape index (κ1) is 19.6. The highest BCUT2D eigenvalue weighted by atomic mass is 16.5. The van der Waals surface area contributed by atoms with E-state index in [1.807, 2.05) is 60.4 Å². The monoisotopic (exact) mass is 404 g/mol. The van der Waals surface area contributed by atoms with Crippen LogP contribution in [-0.4, -0.2) is 58.8 Å². The van der Waals surface area contributed by atoms with E-state index in [0.29, 0.717) is 32.0 Å². The van der Waals surface area contributed by atoms with Gasteiger partial charge >= 0.3 is 0 Å². The van der Waals surface area contributed by atoms with Crippen molar-refractivity contribution in [3.63, 3.8) is 0 Å². The van der Waals surface area contributed by atoms with Crippen molar-refractivity contribution >= 4 is 23.2 Å². The van der Waals surface area contributed by atoms with Crippen LogP contribution in [0.1, 0.15) is 5.56 Å². The number of anilines is 3. The van der Waals surface area contributed by atoms with E-state index < -0.39 is 0 Å². The van der Waals surface area contributed by atoms with Gasteiger partial charge in [-0.2, -0.15) is 0 Å². The van der Waals surface area contributed by atoms with Crippen LogP contribution < -0.4 is 15.0 Å². The number of nitrogens with one attached hydrogen (secondary N) is 1. The zero-order chi connectivity index (χ0) is 20.8. The minimum atomic E-state index is -0.00161. The predicted molar refractivity (Wildman–Crippen MR) is 115 cm³/mol. The third-order valence-electron chi connectivity index (χ3n) is 4.89. The van der Waals surface area contributed by atoms with Crippen LogP contribution >= 0.6 is 0 Å². The lowest BCUT2D eigenvalue weighted by Gasteiger charge is -2.35. The predicted octanol–water partition coefficient (Wildman–Crippen LogP) is 2.65. The Hall–Kier alpha value is -3.68. The highest BCUT2D eigenvalue weighted by molar-refractivity contribution is 5.78. The van der Waals surface area contributed by atoms with Crippen LogP contribution in [0.15, 0.2) is 60.9 Å². The van der Waals surface area contributed by atoms with Crippen LogP contribution in [0.3, 0.4) is 0 Å². The Bertz CT molecular complexity index is 972. The number of carbonyl (C=O) groups excluding carboxylic acids is 1. The van der Waals surface area contributed by atoms with Gasteiger partial charge in [0.2, 0.25) is 0 Å². The molecule has 1 fully saturated rings. The molecular weight excluding hydrogens is 380 g/mol. The summed E-state index contributed by atoms with van der Waals surface area (Å²) in [6.45, 7) is 4.73. The number of rotatable bonds is 6. The van der Waals surface area contributed by atoms with Crippen molar-refractivity contribution in [2.24, 2.45) is 0 Å².